The molecule has 3 aromatic carbocycles. The molecule has 0 saturated carbocycles. The van der Waals surface area contributed by atoms with Gasteiger partial charge in [-0.05, 0) is 34.1 Å². The molecule has 2 heterocycles. The molecule has 3 nitrogen and oxygen atoms in total. The van der Waals surface area contributed by atoms with Gasteiger partial charge in [-0.2, -0.15) is 0 Å². The molecule has 0 radical (unpaired) electrons. The summed E-state index contributed by atoms with van der Waals surface area (Å²) < 4.78 is 8.91. The molecular weight excluding hydrogens is 399 g/mol. The maximum absolute atomic E-state index is 6.25. The van der Waals surface area contributed by atoms with Gasteiger partial charge in [-0.15, -0.1) is 0 Å². The minimum Gasteiger partial charge on any atom is -0.478 e. The normalized spacial score (nSPS) is 21.1. The maximum atomic E-state index is 6.25. The Morgan fingerprint density at radius 3 is 2.00 bits per heavy atom. The van der Waals surface area contributed by atoms with Crippen LogP contribution in [0.1, 0.15) is 25.0 Å². The van der Waals surface area contributed by atoms with Crippen LogP contribution in [-0.4, -0.2) is 29.3 Å². The van der Waals surface area contributed by atoms with Gasteiger partial charge in [0.1, 0.15) is 6.61 Å². The van der Waals surface area contributed by atoms with E-state index in [1.807, 2.05) is 0 Å². The van der Waals surface area contributed by atoms with Gasteiger partial charge >= 0.3 is 0 Å². The smallest absolute Gasteiger partial charge is 0.202 e. The van der Waals surface area contributed by atoms with Crippen LogP contribution >= 0.6 is 8.07 Å². The zero-order valence-corrected chi connectivity index (χ0v) is 19.1. The number of hydrogen-bond donors (Lipinski definition) is 0. The van der Waals surface area contributed by atoms with E-state index in [2.05, 4.69) is 103 Å². The molecule has 158 valence electrons. The number of benzene rings is 3. The summed E-state index contributed by atoms with van der Waals surface area (Å²) in [5, 5.41) is 2.74. The second-order valence-electron chi connectivity index (χ2n) is 8.66. The van der Waals surface area contributed by atoms with Crippen LogP contribution in [0.4, 0.5) is 0 Å². The Bertz CT molecular complexity index is 1010. The third kappa shape index (κ3) is 4.18. The summed E-state index contributed by atoms with van der Waals surface area (Å²) in [4.78, 5) is 5.07. The molecule has 2 aliphatic heterocycles. The lowest BCUT2D eigenvalue weighted by Crippen LogP contribution is -2.45. The third-order valence-electron chi connectivity index (χ3n) is 6.23. The first-order valence-corrected chi connectivity index (χ1v) is 12.4. The second-order valence-corrected chi connectivity index (χ2v) is 10.8. The minimum absolute atomic E-state index is 0.158. The molecule has 0 N–H and O–H groups in total. The second kappa shape index (κ2) is 8.94. The topological polar surface area (TPSA) is 24.8 Å². The summed E-state index contributed by atoms with van der Waals surface area (Å²) >= 11 is 0. The Balaban J connectivity index is 1.61. The van der Waals surface area contributed by atoms with Gasteiger partial charge in [0.05, 0.1) is 12.1 Å². The predicted molar refractivity (Wildman–Crippen MR) is 131 cm³/mol. The van der Waals surface area contributed by atoms with Crippen molar-refractivity contribution < 1.29 is 4.74 Å². The average Bonchev–Trinajstić information content (AvgIpc) is 3.31. The van der Waals surface area contributed by atoms with Gasteiger partial charge in [0.25, 0.3) is 0 Å². The van der Waals surface area contributed by atoms with E-state index in [0.717, 1.165) is 18.9 Å². The first-order chi connectivity index (χ1) is 15.2. The van der Waals surface area contributed by atoms with Crippen LogP contribution in [0.2, 0.25) is 0 Å². The van der Waals surface area contributed by atoms with Crippen LogP contribution in [0.15, 0.2) is 89.9 Å². The first kappa shape index (κ1) is 20.4. The van der Waals surface area contributed by atoms with Gasteiger partial charge in [-0.1, -0.05) is 98.8 Å². The Morgan fingerprint density at radius 2 is 1.42 bits per heavy atom. The third-order valence-corrected chi connectivity index (χ3v) is 8.74. The SMILES string of the molecule is CC(C)[C@H]1COC([C@@H]2Cc3ccccc3CN2P(c2ccccc2)c2ccccc2)=N1. The van der Waals surface area contributed by atoms with Gasteiger partial charge in [0.15, 0.2) is 0 Å². The fourth-order valence-corrected chi connectivity index (χ4v) is 7.00. The number of hydrogen-bond acceptors (Lipinski definition) is 3. The summed E-state index contributed by atoms with van der Waals surface area (Å²) in [6.07, 6.45) is 0.943. The lowest BCUT2D eigenvalue weighted by Gasteiger charge is -2.41. The van der Waals surface area contributed by atoms with E-state index in [1.54, 1.807) is 0 Å². The number of fused-ring (bicyclic) bond motifs is 1. The molecule has 0 aromatic heterocycles. The molecule has 2 aliphatic rings. The Morgan fingerprint density at radius 1 is 0.839 bits per heavy atom. The molecule has 2 atom stereocenters. The number of ether oxygens (including phenoxy) is 1. The van der Waals surface area contributed by atoms with E-state index >= 15 is 0 Å². The highest BCUT2D eigenvalue weighted by atomic mass is 31.1. The monoisotopic (exact) mass is 428 g/mol. The zero-order chi connectivity index (χ0) is 21.2. The summed E-state index contributed by atoms with van der Waals surface area (Å²) in [6, 6.07) is 31.1. The van der Waals surface area contributed by atoms with E-state index in [0.29, 0.717) is 12.5 Å². The lowest BCUT2D eigenvalue weighted by molar-refractivity contribution is 0.258. The highest BCUT2D eigenvalue weighted by Crippen LogP contribution is 2.45. The van der Waals surface area contributed by atoms with Gasteiger partial charge < -0.3 is 4.74 Å². The molecule has 4 heteroatoms. The van der Waals surface area contributed by atoms with Crippen molar-refractivity contribution in [1.29, 1.82) is 0 Å². The summed E-state index contributed by atoms with van der Waals surface area (Å²) in [5.74, 6) is 1.42. The standard InChI is InChI=1S/C27H29N2OP/c1-20(2)25-19-30-27(28-25)26-17-21-11-9-10-12-22(21)18-29(26)31(23-13-5-3-6-14-23)24-15-7-4-8-16-24/h3-16,20,25-26H,17-19H2,1-2H3/t25-,26+/m1/s1. The molecule has 3 aromatic rings. The van der Waals surface area contributed by atoms with Crippen LogP contribution in [0.5, 0.6) is 0 Å². The summed E-state index contributed by atoms with van der Waals surface area (Å²) in [6.45, 7) is 6.07. The van der Waals surface area contributed by atoms with Gasteiger partial charge in [-0.3, -0.25) is 4.67 Å². The summed E-state index contributed by atoms with van der Waals surface area (Å²) in [7, 11) is -0.706. The van der Waals surface area contributed by atoms with Crippen molar-refractivity contribution in [2.24, 2.45) is 10.9 Å². The molecule has 0 bridgehead atoms. The molecule has 0 unspecified atom stereocenters. The van der Waals surface area contributed by atoms with Gasteiger partial charge in [-0.25, -0.2) is 4.99 Å². The van der Waals surface area contributed by atoms with E-state index < -0.39 is 8.07 Å². The molecule has 0 saturated heterocycles. The Hall–Kier alpha value is -2.48. The fourth-order valence-electron chi connectivity index (χ4n) is 4.45. The van der Waals surface area contributed by atoms with Crippen LogP contribution in [0, 0.1) is 5.92 Å². The van der Waals surface area contributed by atoms with Crippen molar-refractivity contribution in [1.82, 2.24) is 4.67 Å². The highest BCUT2D eigenvalue weighted by Gasteiger charge is 2.39. The van der Waals surface area contributed by atoms with Crippen molar-refractivity contribution in [2.45, 2.75) is 38.9 Å². The molecule has 0 amide bonds. The fraction of sp³-hybridized carbons (Fsp3) is 0.296. The Kier molecular flexibility index (Phi) is 5.89. The first-order valence-electron chi connectivity index (χ1n) is 11.1. The lowest BCUT2D eigenvalue weighted by atomic mass is 9.96. The van der Waals surface area contributed by atoms with E-state index in [9.17, 15) is 0 Å². The van der Waals surface area contributed by atoms with E-state index in [1.165, 1.54) is 21.7 Å². The van der Waals surface area contributed by atoms with Gasteiger partial charge in [0.2, 0.25) is 5.90 Å². The number of aliphatic imine (C=N–C) groups is 1. The van der Waals surface area contributed by atoms with Gasteiger partial charge in [0, 0.05) is 14.6 Å². The van der Waals surface area contributed by atoms with Crippen molar-refractivity contribution in [3.63, 3.8) is 0 Å². The molecule has 0 aliphatic carbocycles. The quantitative estimate of drug-likeness (QED) is 0.539. The number of nitrogens with zero attached hydrogens (tertiary/aromatic N) is 2. The summed E-state index contributed by atoms with van der Waals surface area (Å²) in [5.41, 5.74) is 2.83. The van der Waals surface area contributed by atoms with Crippen LogP contribution in [0.3, 0.4) is 0 Å². The molecule has 31 heavy (non-hydrogen) atoms. The minimum atomic E-state index is -0.706. The molecular formula is C27H29N2OP. The zero-order valence-electron chi connectivity index (χ0n) is 18.2. The predicted octanol–water partition coefficient (Wildman–Crippen LogP) is 4.91. The number of rotatable bonds is 5. The Labute approximate surface area is 186 Å². The largest absolute Gasteiger partial charge is 0.478 e. The van der Waals surface area contributed by atoms with Crippen molar-refractivity contribution in [3.8, 4) is 0 Å². The van der Waals surface area contributed by atoms with Crippen LogP contribution < -0.4 is 10.6 Å². The average molecular weight is 429 g/mol. The molecule has 0 spiro atoms. The van der Waals surface area contributed by atoms with Crippen molar-refractivity contribution in [2.75, 3.05) is 6.61 Å². The van der Waals surface area contributed by atoms with E-state index in [4.69, 9.17) is 9.73 Å². The van der Waals surface area contributed by atoms with Crippen LogP contribution in [0.25, 0.3) is 0 Å². The van der Waals surface area contributed by atoms with Crippen molar-refractivity contribution in [3.05, 3.63) is 96.1 Å². The van der Waals surface area contributed by atoms with Crippen molar-refractivity contribution >= 4 is 24.6 Å². The molecule has 5 rings (SSSR count). The molecule has 0 fully saturated rings. The highest BCUT2D eigenvalue weighted by molar-refractivity contribution is 7.70. The van der Waals surface area contributed by atoms with E-state index in [-0.39, 0.29) is 12.1 Å². The van der Waals surface area contributed by atoms with Crippen LogP contribution in [-0.2, 0) is 17.7 Å². The maximum Gasteiger partial charge on any atom is 0.202 e.